The second-order valence-electron chi connectivity index (χ2n) is 3.34. The van der Waals surface area contributed by atoms with Crippen LogP contribution in [0.25, 0.3) is 0 Å². The molecule has 2 amide bonds. The molecule has 5 heteroatoms. The van der Waals surface area contributed by atoms with Crippen molar-refractivity contribution in [2.45, 2.75) is 26.3 Å². The van der Waals surface area contributed by atoms with Gasteiger partial charge in [-0.2, -0.15) is 0 Å². The molecule has 5 nitrogen and oxygen atoms in total. The van der Waals surface area contributed by atoms with Gasteiger partial charge >= 0.3 is 12.0 Å². The molecule has 0 fully saturated rings. The fourth-order valence-electron chi connectivity index (χ4n) is 1.04. The molecular weight excluding hydrogens is 196 g/mol. The number of carbonyl (C=O) groups is 2. The van der Waals surface area contributed by atoms with Gasteiger partial charge in [-0.3, -0.25) is 0 Å². The first-order chi connectivity index (χ1) is 7.02. The van der Waals surface area contributed by atoms with Crippen LogP contribution in [0.1, 0.15) is 20.3 Å². The first-order valence-corrected chi connectivity index (χ1v) is 4.91. The average molecular weight is 214 g/mol. The van der Waals surface area contributed by atoms with Crippen molar-refractivity contribution in [3.63, 3.8) is 0 Å². The van der Waals surface area contributed by atoms with Crippen LogP contribution in [0.15, 0.2) is 12.7 Å². The van der Waals surface area contributed by atoms with Gasteiger partial charge in [0, 0.05) is 6.54 Å². The fraction of sp³-hybridized carbons (Fsp3) is 0.600. The Bertz CT molecular complexity index is 241. The molecule has 15 heavy (non-hydrogen) atoms. The summed E-state index contributed by atoms with van der Waals surface area (Å²) in [6, 6.07) is -1.33. The highest BCUT2D eigenvalue weighted by molar-refractivity contribution is 5.82. The number of rotatable bonds is 6. The molecule has 86 valence electrons. The van der Waals surface area contributed by atoms with Crippen LogP contribution in [0.3, 0.4) is 0 Å². The van der Waals surface area contributed by atoms with Crippen molar-refractivity contribution in [1.29, 1.82) is 0 Å². The zero-order chi connectivity index (χ0) is 11.8. The van der Waals surface area contributed by atoms with E-state index in [1.165, 1.54) is 6.08 Å². The Kier molecular flexibility index (Phi) is 6.17. The fourth-order valence-corrected chi connectivity index (χ4v) is 1.04. The van der Waals surface area contributed by atoms with Gasteiger partial charge in [-0.25, -0.2) is 9.59 Å². The molecule has 0 aliphatic rings. The lowest BCUT2D eigenvalue weighted by Crippen LogP contribution is -2.49. The van der Waals surface area contributed by atoms with E-state index in [9.17, 15) is 9.59 Å². The lowest BCUT2D eigenvalue weighted by Gasteiger charge is -2.20. The summed E-state index contributed by atoms with van der Waals surface area (Å²) < 4.78 is 0. The molecule has 0 unspecified atom stereocenters. The van der Waals surface area contributed by atoms with Gasteiger partial charge in [0.15, 0.2) is 0 Å². The number of nitrogens with one attached hydrogen (secondary N) is 2. The van der Waals surface area contributed by atoms with E-state index in [-0.39, 0.29) is 5.92 Å². The number of hydrogen-bond acceptors (Lipinski definition) is 2. The van der Waals surface area contributed by atoms with E-state index in [0.29, 0.717) is 13.0 Å². The molecule has 0 saturated carbocycles. The smallest absolute Gasteiger partial charge is 0.326 e. The van der Waals surface area contributed by atoms with E-state index in [4.69, 9.17) is 5.11 Å². The Labute approximate surface area is 89.6 Å². The molecule has 0 heterocycles. The highest BCUT2D eigenvalue weighted by atomic mass is 16.4. The quantitative estimate of drug-likeness (QED) is 0.576. The minimum absolute atomic E-state index is 0.100. The summed E-state index contributed by atoms with van der Waals surface area (Å²) in [4.78, 5) is 22.1. The van der Waals surface area contributed by atoms with Crippen LogP contribution in [0.4, 0.5) is 4.79 Å². The Morgan fingerprint density at radius 3 is 2.53 bits per heavy atom. The van der Waals surface area contributed by atoms with Crippen LogP contribution < -0.4 is 10.6 Å². The molecule has 3 N–H and O–H groups in total. The van der Waals surface area contributed by atoms with Crippen LogP contribution in [0.2, 0.25) is 0 Å². The van der Waals surface area contributed by atoms with Crippen molar-refractivity contribution in [2.24, 2.45) is 5.92 Å². The number of hydrogen-bond donors (Lipinski definition) is 3. The lowest BCUT2D eigenvalue weighted by atomic mass is 9.99. The summed E-state index contributed by atoms with van der Waals surface area (Å²) in [5.41, 5.74) is 0. The molecule has 0 spiro atoms. The SMILES string of the molecule is C=CCNC(=O)N[C@H](C(=O)O)[C@@H](C)CC. The van der Waals surface area contributed by atoms with E-state index in [2.05, 4.69) is 17.2 Å². The van der Waals surface area contributed by atoms with Crippen LogP contribution in [0, 0.1) is 5.92 Å². The van der Waals surface area contributed by atoms with Gasteiger partial charge in [-0.1, -0.05) is 26.3 Å². The van der Waals surface area contributed by atoms with Gasteiger partial charge in [-0.05, 0) is 5.92 Å². The summed E-state index contributed by atoms with van der Waals surface area (Å²) >= 11 is 0. The van der Waals surface area contributed by atoms with Gasteiger partial charge < -0.3 is 15.7 Å². The Morgan fingerprint density at radius 1 is 1.53 bits per heavy atom. The highest BCUT2D eigenvalue weighted by Gasteiger charge is 2.24. The van der Waals surface area contributed by atoms with E-state index >= 15 is 0 Å². The van der Waals surface area contributed by atoms with Gasteiger partial charge in [-0.15, -0.1) is 6.58 Å². The zero-order valence-corrected chi connectivity index (χ0v) is 9.12. The third-order valence-corrected chi connectivity index (χ3v) is 2.17. The maximum absolute atomic E-state index is 11.2. The van der Waals surface area contributed by atoms with E-state index < -0.39 is 18.0 Å². The number of aliphatic carboxylic acids is 1. The van der Waals surface area contributed by atoms with Crippen LogP contribution in [-0.2, 0) is 4.79 Å². The van der Waals surface area contributed by atoms with E-state index in [1.54, 1.807) is 6.92 Å². The Balaban J connectivity index is 4.22. The number of carboxylic acids is 1. The molecule has 0 aromatic carbocycles. The molecule has 0 aliphatic heterocycles. The summed E-state index contributed by atoms with van der Waals surface area (Å²) in [7, 11) is 0. The molecule has 0 radical (unpaired) electrons. The second kappa shape index (κ2) is 6.86. The molecule has 0 aromatic rings. The second-order valence-corrected chi connectivity index (χ2v) is 3.34. The summed E-state index contributed by atoms with van der Waals surface area (Å²) in [6.07, 6.45) is 2.22. The van der Waals surface area contributed by atoms with Gasteiger partial charge in [0.2, 0.25) is 0 Å². The first-order valence-electron chi connectivity index (χ1n) is 4.91. The zero-order valence-electron chi connectivity index (χ0n) is 9.12. The molecule has 0 aliphatic carbocycles. The largest absolute Gasteiger partial charge is 0.480 e. The van der Waals surface area contributed by atoms with Crippen LogP contribution in [-0.4, -0.2) is 29.7 Å². The maximum atomic E-state index is 11.2. The number of carbonyl (C=O) groups excluding carboxylic acids is 1. The highest BCUT2D eigenvalue weighted by Crippen LogP contribution is 2.07. The van der Waals surface area contributed by atoms with Crippen molar-refractivity contribution in [3.05, 3.63) is 12.7 Å². The van der Waals surface area contributed by atoms with E-state index in [1.807, 2.05) is 6.92 Å². The number of urea groups is 1. The molecular formula is C10H18N2O3. The van der Waals surface area contributed by atoms with E-state index in [0.717, 1.165) is 0 Å². The summed E-state index contributed by atoms with van der Waals surface area (Å²) in [5.74, 6) is -1.12. The number of carboxylic acid groups (broad SMARTS) is 1. The predicted octanol–water partition coefficient (Wildman–Crippen LogP) is 0.971. The van der Waals surface area contributed by atoms with Gasteiger partial charge in [0.05, 0.1) is 0 Å². The van der Waals surface area contributed by atoms with Crippen LogP contribution >= 0.6 is 0 Å². The summed E-state index contributed by atoms with van der Waals surface area (Å²) in [6.45, 7) is 7.42. The molecule has 0 saturated heterocycles. The van der Waals surface area contributed by atoms with Gasteiger partial charge in [0.1, 0.15) is 6.04 Å². The third kappa shape index (κ3) is 5.05. The maximum Gasteiger partial charge on any atom is 0.326 e. The molecule has 2 atom stereocenters. The topological polar surface area (TPSA) is 78.4 Å². The van der Waals surface area contributed by atoms with Crippen molar-refractivity contribution in [3.8, 4) is 0 Å². The Morgan fingerprint density at radius 2 is 2.13 bits per heavy atom. The minimum atomic E-state index is -1.02. The first kappa shape index (κ1) is 13.5. The van der Waals surface area contributed by atoms with Crippen molar-refractivity contribution >= 4 is 12.0 Å². The average Bonchev–Trinajstić information content (AvgIpc) is 2.21. The van der Waals surface area contributed by atoms with Gasteiger partial charge in [0.25, 0.3) is 0 Å². The Hall–Kier alpha value is -1.52. The molecule has 0 rings (SSSR count). The normalized spacial score (nSPS) is 13.7. The molecule has 0 aromatic heterocycles. The molecule has 0 bridgehead atoms. The monoisotopic (exact) mass is 214 g/mol. The number of amides is 2. The standard InChI is InChI=1S/C10H18N2O3/c1-4-6-11-10(15)12-8(9(13)14)7(3)5-2/h4,7-8H,1,5-6H2,2-3H3,(H,13,14)(H2,11,12,15)/t7-,8-/m0/s1. The minimum Gasteiger partial charge on any atom is -0.480 e. The lowest BCUT2D eigenvalue weighted by molar-refractivity contribution is -0.140. The summed E-state index contributed by atoms with van der Waals surface area (Å²) in [5, 5.41) is 13.8. The van der Waals surface area contributed by atoms with Crippen molar-refractivity contribution in [2.75, 3.05) is 6.54 Å². The van der Waals surface area contributed by atoms with Crippen molar-refractivity contribution in [1.82, 2.24) is 10.6 Å². The predicted molar refractivity (Wildman–Crippen MR) is 57.6 cm³/mol. The van der Waals surface area contributed by atoms with Crippen LogP contribution in [0.5, 0.6) is 0 Å². The van der Waals surface area contributed by atoms with Crippen molar-refractivity contribution < 1.29 is 14.7 Å². The third-order valence-electron chi connectivity index (χ3n) is 2.17.